The third-order valence-electron chi connectivity index (χ3n) is 4.76. The highest BCUT2D eigenvalue weighted by Gasteiger charge is 2.26. The third kappa shape index (κ3) is 4.76. The van der Waals surface area contributed by atoms with Crippen molar-refractivity contribution in [1.29, 1.82) is 0 Å². The average molecular weight is 426 g/mol. The molecule has 2 aromatic carbocycles. The molecule has 0 saturated heterocycles. The molecule has 1 heterocycles. The summed E-state index contributed by atoms with van der Waals surface area (Å²) >= 11 is 1.35. The predicted molar refractivity (Wildman–Crippen MR) is 119 cm³/mol. The molecule has 30 heavy (non-hydrogen) atoms. The number of anilines is 1. The fourth-order valence-electron chi connectivity index (χ4n) is 3.32. The number of carbonyl (C=O) groups excluding carboxylic acids is 2. The van der Waals surface area contributed by atoms with E-state index in [-0.39, 0.29) is 24.8 Å². The minimum atomic E-state index is -0.463. The van der Waals surface area contributed by atoms with Gasteiger partial charge >= 0.3 is 5.97 Å². The second-order valence-electron chi connectivity index (χ2n) is 7.13. The van der Waals surface area contributed by atoms with Crippen molar-refractivity contribution in [3.05, 3.63) is 75.4 Å². The molecule has 6 heteroatoms. The Balaban J connectivity index is 2.00. The number of amides is 1. The summed E-state index contributed by atoms with van der Waals surface area (Å²) in [6, 6.07) is 11.9. The molecule has 0 aliphatic carbocycles. The van der Waals surface area contributed by atoms with E-state index in [0.717, 1.165) is 27.1 Å². The number of carbonyl (C=O) groups is 2. The number of benzene rings is 2. The molecule has 0 fully saturated rings. The predicted octanol–water partition coefficient (Wildman–Crippen LogP) is 5.84. The van der Waals surface area contributed by atoms with Gasteiger partial charge in [0.05, 0.1) is 13.0 Å². The minimum absolute atomic E-state index is 0.0816. The standard InChI is InChI=1S/C24H24FNO3S/c1-5-29-24(28)22-21(19-12-14(2)6-7-15(19)3)16(4)30-23(22)26-20(27)13-17-8-10-18(25)11-9-17/h6-12H,5,13H2,1-4H3,(H,26,27). The van der Waals surface area contributed by atoms with Crippen molar-refractivity contribution in [2.24, 2.45) is 0 Å². The number of aryl methyl sites for hydroxylation is 3. The van der Waals surface area contributed by atoms with Crippen LogP contribution in [0.4, 0.5) is 9.39 Å². The van der Waals surface area contributed by atoms with E-state index in [2.05, 4.69) is 5.32 Å². The van der Waals surface area contributed by atoms with Gasteiger partial charge in [0.1, 0.15) is 16.4 Å². The van der Waals surface area contributed by atoms with Crippen LogP contribution >= 0.6 is 11.3 Å². The summed E-state index contributed by atoms with van der Waals surface area (Å²) in [7, 11) is 0. The lowest BCUT2D eigenvalue weighted by atomic mass is 9.95. The molecule has 1 N–H and O–H groups in total. The van der Waals surface area contributed by atoms with Gasteiger partial charge in [0, 0.05) is 10.4 Å². The maximum Gasteiger partial charge on any atom is 0.341 e. The van der Waals surface area contributed by atoms with Gasteiger partial charge in [-0.1, -0.05) is 35.9 Å². The summed E-state index contributed by atoms with van der Waals surface area (Å²) < 4.78 is 18.4. The van der Waals surface area contributed by atoms with E-state index in [9.17, 15) is 14.0 Å². The van der Waals surface area contributed by atoms with E-state index >= 15 is 0 Å². The van der Waals surface area contributed by atoms with Gasteiger partial charge in [0.2, 0.25) is 5.91 Å². The van der Waals surface area contributed by atoms with Gasteiger partial charge in [-0.05, 0) is 56.5 Å². The lowest BCUT2D eigenvalue weighted by molar-refractivity contribution is -0.115. The van der Waals surface area contributed by atoms with Crippen molar-refractivity contribution in [1.82, 2.24) is 0 Å². The molecule has 1 aromatic heterocycles. The SMILES string of the molecule is CCOC(=O)c1c(NC(=O)Cc2ccc(F)cc2)sc(C)c1-c1cc(C)ccc1C. The van der Waals surface area contributed by atoms with Crippen LogP contribution in [0.15, 0.2) is 42.5 Å². The zero-order chi connectivity index (χ0) is 21.8. The number of thiophene rings is 1. The van der Waals surface area contributed by atoms with Crippen molar-refractivity contribution in [3.8, 4) is 11.1 Å². The first-order chi connectivity index (χ1) is 14.3. The molecule has 4 nitrogen and oxygen atoms in total. The van der Waals surface area contributed by atoms with Crippen LogP contribution in [0.25, 0.3) is 11.1 Å². The molecule has 0 unspecified atom stereocenters. The summed E-state index contributed by atoms with van der Waals surface area (Å²) in [6.45, 7) is 7.91. The average Bonchev–Trinajstić information content (AvgIpc) is 3.01. The molecule has 0 spiro atoms. The summed E-state index contributed by atoms with van der Waals surface area (Å²) in [5, 5.41) is 3.33. The van der Waals surface area contributed by atoms with Crippen molar-refractivity contribution >= 4 is 28.2 Å². The molecule has 156 valence electrons. The molecule has 3 aromatic rings. The molecule has 0 radical (unpaired) electrons. The molecule has 3 rings (SSSR count). The summed E-state index contributed by atoms with van der Waals surface area (Å²) in [5.41, 5.74) is 4.92. The first-order valence-corrected chi connectivity index (χ1v) is 10.5. The lowest BCUT2D eigenvalue weighted by Crippen LogP contribution is -2.16. The van der Waals surface area contributed by atoms with Crippen LogP contribution in [0.3, 0.4) is 0 Å². The maximum absolute atomic E-state index is 13.1. The van der Waals surface area contributed by atoms with Crippen LogP contribution in [-0.4, -0.2) is 18.5 Å². The normalized spacial score (nSPS) is 10.7. The Bertz CT molecular complexity index is 1090. The number of hydrogen-bond acceptors (Lipinski definition) is 4. The molecule has 1 amide bonds. The van der Waals surface area contributed by atoms with Gasteiger partial charge in [-0.25, -0.2) is 9.18 Å². The first-order valence-electron chi connectivity index (χ1n) is 9.72. The Kier molecular flexibility index (Phi) is 6.67. The Labute approximate surface area is 179 Å². The van der Waals surface area contributed by atoms with Crippen LogP contribution in [0.5, 0.6) is 0 Å². The number of esters is 1. The van der Waals surface area contributed by atoms with Crippen molar-refractivity contribution < 1.29 is 18.7 Å². The summed E-state index contributed by atoms with van der Waals surface area (Å²) in [4.78, 5) is 26.4. The van der Waals surface area contributed by atoms with Gasteiger partial charge in [-0.15, -0.1) is 11.3 Å². The highest BCUT2D eigenvalue weighted by atomic mass is 32.1. The molecule has 0 bridgehead atoms. The second kappa shape index (κ2) is 9.22. The van der Waals surface area contributed by atoms with Crippen molar-refractivity contribution in [2.45, 2.75) is 34.1 Å². The fourth-order valence-corrected chi connectivity index (χ4v) is 4.39. The van der Waals surface area contributed by atoms with Crippen LogP contribution in [0.2, 0.25) is 0 Å². The van der Waals surface area contributed by atoms with Crippen LogP contribution in [0.1, 0.15) is 38.8 Å². The van der Waals surface area contributed by atoms with Gasteiger partial charge in [-0.3, -0.25) is 4.79 Å². The number of nitrogens with one attached hydrogen (secondary N) is 1. The molecule has 0 atom stereocenters. The molecule has 0 saturated carbocycles. The third-order valence-corrected chi connectivity index (χ3v) is 5.78. The highest BCUT2D eigenvalue weighted by molar-refractivity contribution is 7.17. The summed E-state index contributed by atoms with van der Waals surface area (Å²) in [5.74, 6) is -1.09. The van der Waals surface area contributed by atoms with E-state index in [4.69, 9.17) is 4.74 Å². The van der Waals surface area contributed by atoms with E-state index < -0.39 is 5.97 Å². The number of halogens is 1. The number of rotatable bonds is 6. The Hall–Kier alpha value is -2.99. The number of ether oxygens (including phenoxy) is 1. The van der Waals surface area contributed by atoms with Gasteiger partial charge < -0.3 is 10.1 Å². The smallest absolute Gasteiger partial charge is 0.341 e. The Morgan fingerprint density at radius 3 is 2.43 bits per heavy atom. The molecule has 0 aliphatic rings. The van der Waals surface area contributed by atoms with Gasteiger partial charge in [0.25, 0.3) is 0 Å². The van der Waals surface area contributed by atoms with Crippen LogP contribution in [-0.2, 0) is 16.0 Å². The van der Waals surface area contributed by atoms with Gasteiger partial charge in [-0.2, -0.15) is 0 Å². The monoisotopic (exact) mass is 425 g/mol. The Morgan fingerprint density at radius 2 is 1.77 bits per heavy atom. The second-order valence-corrected chi connectivity index (χ2v) is 8.35. The topological polar surface area (TPSA) is 55.4 Å². The van der Waals surface area contributed by atoms with Gasteiger partial charge in [0.15, 0.2) is 0 Å². The number of hydrogen-bond donors (Lipinski definition) is 1. The van der Waals surface area contributed by atoms with E-state index in [1.54, 1.807) is 19.1 Å². The van der Waals surface area contributed by atoms with Crippen molar-refractivity contribution in [3.63, 3.8) is 0 Å². The highest BCUT2D eigenvalue weighted by Crippen LogP contribution is 2.41. The van der Waals surface area contributed by atoms with E-state index in [1.165, 1.54) is 23.5 Å². The van der Waals surface area contributed by atoms with E-state index in [0.29, 0.717) is 16.1 Å². The summed E-state index contributed by atoms with van der Waals surface area (Å²) in [6.07, 6.45) is 0.0816. The van der Waals surface area contributed by atoms with Crippen LogP contribution in [0, 0.1) is 26.6 Å². The van der Waals surface area contributed by atoms with E-state index in [1.807, 2.05) is 39.0 Å². The van der Waals surface area contributed by atoms with Crippen LogP contribution < -0.4 is 5.32 Å². The maximum atomic E-state index is 13.1. The minimum Gasteiger partial charge on any atom is -0.462 e. The molecular formula is C24H24FNO3S. The first kappa shape index (κ1) is 21.7. The molecule has 0 aliphatic heterocycles. The quantitative estimate of drug-likeness (QED) is 0.505. The van der Waals surface area contributed by atoms with Crippen molar-refractivity contribution in [2.75, 3.05) is 11.9 Å². The lowest BCUT2D eigenvalue weighted by Gasteiger charge is -2.12. The Morgan fingerprint density at radius 1 is 1.07 bits per heavy atom. The molecular weight excluding hydrogens is 401 g/mol. The zero-order valence-electron chi connectivity index (χ0n) is 17.5. The largest absolute Gasteiger partial charge is 0.462 e. The zero-order valence-corrected chi connectivity index (χ0v) is 18.3. The fraction of sp³-hybridized carbons (Fsp3) is 0.250.